The predicted molar refractivity (Wildman–Crippen MR) is 64.1 cm³/mol. The van der Waals surface area contributed by atoms with Crippen LogP contribution in [0.15, 0.2) is 16.3 Å². The fraction of sp³-hybridized carbons (Fsp3) is 0.750. The number of amidine groups is 1. The van der Waals surface area contributed by atoms with Crippen molar-refractivity contribution >= 4 is 5.84 Å². The van der Waals surface area contributed by atoms with Gasteiger partial charge < -0.3 is 4.90 Å². The Hall–Kier alpha value is -0.830. The standard InChI is InChI=1S/C12H21N3/c1-5-11-9(2)13-10(3)15-7-6-14(4)8-12(11)15/h9H,5-8H2,1-4H3/t9-/m0/s1. The van der Waals surface area contributed by atoms with Crippen molar-refractivity contribution < 1.29 is 0 Å². The van der Waals surface area contributed by atoms with E-state index < -0.39 is 0 Å². The molecule has 0 saturated carbocycles. The molecule has 3 heteroatoms. The number of aliphatic imine (C=N–C) groups is 1. The fourth-order valence-electron chi connectivity index (χ4n) is 2.63. The van der Waals surface area contributed by atoms with Gasteiger partial charge in [0.2, 0.25) is 0 Å². The molecule has 0 aromatic rings. The molecule has 2 aliphatic rings. The van der Waals surface area contributed by atoms with E-state index in [9.17, 15) is 0 Å². The van der Waals surface area contributed by atoms with E-state index in [1.54, 1.807) is 0 Å². The van der Waals surface area contributed by atoms with Gasteiger partial charge in [-0.05, 0) is 32.9 Å². The second-order valence-corrected chi connectivity index (χ2v) is 4.57. The van der Waals surface area contributed by atoms with Crippen LogP contribution < -0.4 is 0 Å². The fourth-order valence-corrected chi connectivity index (χ4v) is 2.63. The van der Waals surface area contributed by atoms with E-state index in [2.05, 4.69) is 37.6 Å². The summed E-state index contributed by atoms with van der Waals surface area (Å²) >= 11 is 0. The highest BCUT2D eigenvalue weighted by Crippen LogP contribution is 2.27. The van der Waals surface area contributed by atoms with Crippen molar-refractivity contribution in [2.75, 3.05) is 26.7 Å². The molecule has 0 aromatic carbocycles. The van der Waals surface area contributed by atoms with Crippen LogP contribution in [0.4, 0.5) is 0 Å². The second kappa shape index (κ2) is 3.97. The van der Waals surface area contributed by atoms with Gasteiger partial charge in [0, 0.05) is 25.3 Å². The van der Waals surface area contributed by atoms with E-state index in [4.69, 9.17) is 4.99 Å². The lowest BCUT2D eigenvalue weighted by Gasteiger charge is -2.41. The normalized spacial score (nSPS) is 27.9. The molecule has 1 atom stereocenters. The number of fused-ring (bicyclic) bond motifs is 1. The van der Waals surface area contributed by atoms with E-state index in [0.717, 1.165) is 26.1 Å². The number of hydrogen-bond acceptors (Lipinski definition) is 3. The Balaban J connectivity index is 2.34. The van der Waals surface area contributed by atoms with E-state index >= 15 is 0 Å². The van der Waals surface area contributed by atoms with Gasteiger partial charge in [-0.2, -0.15) is 0 Å². The maximum absolute atomic E-state index is 4.71. The van der Waals surface area contributed by atoms with Crippen molar-refractivity contribution in [3.8, 4) is 0 Å². The van der Waals surface area contributed by atoms with Crippen molar-refractivity contribution in [2.45, 2.75) is 33.2 Å². The molecule has 3 nitrogen and oxygen atoms in total. The Kier molecular flexibility index (Phi) is 2.83. The third-order valence-corrected chi connectivity index (χ3v) is 3.48. The third-order valence-electron chi connectivity index (χ3n) is 3.48. The molecule has 0 unspecified atom stereocenters. The molecule has 2 rings (SSSR count). The first-order valence-corrected chi connectivity index (χ1v) is 5.86. The van der Waals surface area contributed by atoms with Crippen LogP contribution in [-0.2, 0) is 0 Å². The van der Waals surface area contributed by atoms with Gasteiger partial charge in [0.25, 0.3) is 0 Å². The van der Waals surface area contributed by atoms with Gasteiger partial charge in [-0.1, -0.05) is 6.92 Å². The second-order valence-electron chi connectivity index (χ2n) is 4.57. The first kappa shape index (κ1) is 10.7. The Labute approximate surface area is 92.5 Å². The number of nitrogens with zero attached hydrogens (tertiary/aromatic N) is 3. The monoisotopic (exact) mass is 207 g/mol. The third kappa shape index (κ3) is 1.81. The Morgan fingerprint density at radius 1 is 1.40 bits per heavy atom. The predicted octanol–water partition coefficient (Wildman–Crippen LogP) is 1.72. The number of piperazine rings is 1. The van der Waals surface area contributed by atoms with Gasteiger partial charge in [-0.15, -0.1) is 0 Å². The summed E-state index contributed by atoms with van der Waals surface area (Å²) in [7, 11) is 2.20. The Bertz CT molecular complexity index is 317. The molecule has 0 aliphatic carbocycles. The van der Waals surface area contributed by atoms with Crippen LogP contribution in [0.5, 0.6) is 0 Å². The summed E-state index contributed by atoms with van der Waals surface area (Å²) in [5.74, 6) is 1.20. The van der Waals surface area contributed by atoms with Crippen molar-refractivity contribution in [1.29, 1.82) is 0 Å². The summed E-state index contributed by atoms with van der Waals surface area (Å²) < 4.78 is 0. The molecule has 0 bridgehead atoms. The van der Waals surface area contributed by atoms with Crippen LogP contribution in [0, 0.1) is 0 Å². The molecule has 15 heavy (non-hydrogen) atoms. The van der Waals surface area contributed by atoms with Gasteiger partial charge in [-0.25, -0.2) is 0 Å². The zero-order valence-corrected chi connectivity index (χ0v) is 10.2. The molecule has 0 spiro atoms. The number of rotatable bonds is 1. The molecule has 1 saturated heterocycles. The quantitative estimate of drug-likeness (QED) is 0.652. The van der Waals surface area contributed by atoms with Gasteiger partial charge in [0.15, 0.2) is 0 Å². The van der Waals surface area contributed by atoms with Crippen molar-refractivity contribution in [3.05, 3.63) is 11.3 Å². The lowest BCUT2D eigenvalue weighted by atomic mass is 9.99. The molecule has 2 heterocycles. The summed E-state index contributed by atoms with van der Waals surface area (Å²) in [6.07, 6.45) is 1.12. The number of hydrogen-bond donors (Lipinski definition) is 0. The van der Waals surface area contributed by atoms with E-state index in [-0.39, 0.29) is 0 Å². The van der Waals surface area contributed by atoms with Crippen LogP contribution in [-0.4, -0.2) is 48.4 Å². The van der Waals surface area contributed by atoms with E-state index in [0.29, 0.717) is 6.04 Å². The minimum atomic E-state index is 0.382. The first-order valence-electron chi connectivity index (χ1n) is 5.86. The zero-order valence-electron chi connectivity index (χ0n) is 10.2. The van der Waals surface area contributed by atoms with Gasteiger partial charge in [-0.3, -0.25) is 9.89 Å². The van der Waals surface area contributed by atoms with Crippen molar-refractivity contribution in [3.63, 3.8) is 0 Å². The largest absolute Gasteiger partial charge is 0.331 e. The summed E-state index contributed by atoms with van der Waals surface area (Å²) in [6, 6.07) is 0.382. The van der Waals surface area contributed by atoms with Gasteiger partial charge in [0.05, 0.1) is 6.04 Å². The lowest BCUT2D eigenvalue weighted by molar-refractivity contribution is 0.251. The summed E-state index contributed by atoms with van der Waals surface area (Å²) in [5, 5.41) is 0. The van der Waals surface area contributed by atoms with Crippen LogP contribution in [0.3, 0.4) is 0 Å². The highest BCUT2D eigenvalue weighted by Gasteiger charge is 2.28. The molecule has 0 aromatic heterocycles. The molecule has 0 amide bonds. The molecule has 0 N–H and O–H groups in total. The van der Waals surface area contributed by atoms with Crippen molar-refractivity contribution in [1.82, 2.24) is 9.80 Å². The summed E-state index contributed by atoms with van der Waals surface area (Å²) in [6.45, 7) is 9.90. The van der Waals surface area contributed by atoms with Crippen LogP contribution in [0.25, 0.3) is 0 Å². The van der Waals surface area contributed by atoms with Crippen LogP contribution in [0.1, 0.15) is 27.2 Å². The molecular formula is C12H21N3. The molecule has 0 radical (unpaired) electrons. The molecular weight excluding hydrogens is 186 g/mol. The maximum atomic E-state index is 4.71. The molecule has 2 aliphatic heterocycles. The summed E-state index contributed by atoms with van der Waals surface area (Å²) in [4.78, 5) is 9.51. The zero-order chi connectivity index (χ0) is 11.0. The van der Waals surface area contributed by atoms with Crippen molar-refractivity contribution in [2.24, 2.45) is 4.99 Å². The van der Waals surface area contributed by atoms with Crippen LogP contribution in [0.2, 0.25) is 0 Å². The average Bonchev–Trinajstić information content (AvgIpc) is 2.17. The number of likely N-dealkylation sites (N-methyl/N-ethyl adjacent to an activating group) is 1. The first-order chi connectivity index (χ1) is 7.13. The molecule has 1 fully saturated rings. The van der Waals surface area contributed by atoms with E-state index in [1.807, 2.05) is 0 Å². The minimum absolute atomic E-state index is 0.382. The molecule has 84 valence electrons. The average molecular weight is 207 g/mol. The highest BCUT2D eigenvalue weighted by molar-refractivity contribution is 5.83. The van der Waals surface area contributed by atoms with Crippen LogP contribution >= 0.6 is 0 Å². The van der Waals surface area contributed by atoms with E-state index in [1.165, 1.54) is 17.1 Å². The minimum Gasteiger partial charge on any atom is -0.331 e. The Morgan fingerprint density at radius 2 is 2.13 bits per heavy atom. The Morgan fingerprint density at radius 3 is 2.80 bits per heavy atom. The smallest absolute Gasteiger partial charge is 0.101 e. The van der Waals surface area contributed by atoms with Gasteiger partial charge in [0.1, 0.15) is 5.84 Å². The SMILES string of the molecule is CCC1=C2CN(C)CCN2C(C)=N[C@H]1C. The lowest BCUT2D eigenvalue weighted by Crippen LogP contribution is -2.48. The summed E-state index contributed by atoms with van der Waals surface area (Å²) in [5.41, 5.74) is 3.03. The topological polar surface area (TPSA) is 18.8 Å². The maximum Gasteiger partial charge on any atom is 0.101 e. The highest BCUT2D eigenvalue weighted by atomic mass is 15.3. The van der Waals surface area contributed by atoms with Gasteiger partial charge >= 0.3 is 0 Å².